The summed E-state index contributed by atoms with van der Waals surface area (Å²) in [7, 11) is 0. The molecule has 2 heterocycles. The second kappa shape index (κ2) is 7.95. The Bertz CT molecular complexity index is 791. The number of amides is 2. The van der Waals surface area contributed by atoms with Crippen molar-refractivity contribution >= 4 is 29.1 Å². The molecule has 2 amide bonds. The van der Waals surface area contributed by atoms with Gasteiger partial charge in [0.05, 0.1) is 5.92 Å². The molecular formula is C19H23N5O2. The van der Waals surface area contributed by atoms with E-state index in [1.54, 1.807) is 30.5 Å². The second-order valence-corrected chi connectivity index (χ2v) is 6.53. The first-order valence-corrected chi connectivity index (χ1v) is 8.74. The average molecular weight is 353 g/mol. The lowest BCUT2D eigenvalue weighted by Crippen LogP contribution is -2.41. The van der Waals surface area contributed by atoms with Crippen molar-refractivity contribution in [3.63, 3.8) is 0 Å². The first-order chi connectivity index (χ1) is 12.5. The van der Waals surface area contributed by atoms with Crippen LogP contribution in [0.15, 0.2) is 36.5 Å². The van der Waals surface area contributed by atoms with E-state index in [4.69, 9.17) is 0 Å². The molecule has 1 aliphatic rings. The molecule has 1 saturated heterocycles. The maximum Gasteiger partial charge on any atom is 0.229 e. The standard InChI is InChI=1S/C19H23N5O2/c1-13-9-10-20-19(21-13)24-11-3-4-15(12-24)18(26)23-17-7-5-16(6-8-17)22-14(2)25/h5-10,15H,3-4,11-12H2,1-2H3,(H,22,25)(H,23,26). The molecular weight excluding hydrogens is 330 g/mol. The number of hydrogen-bond acceptors (Lipinski definition) is 5. The molecule has 1 aromatic carbocycles. The van der Waals surface area contributed by atoms with Crippen LogP contribution in [0.3, 0.4) is 0 Å². The molecule has 7 nitrogen and oxygen atoms in total. The number of nitrogens with zero attached hydrogens (tertiary/aromatic N) is 3. The van der Waals surface area contributed by atoms with E-state index in [1.807, 2.05) is 13.0 Å². The highest BCUT2D eigenvalue weighted by Crippen LogP contribution is 2.22. The highest BCUT2D eigenvalue weighted by Gasteiger charge is 2.27. The summed E-state index contributed by atoms with van der Waals surface area (Å²) in [4.78, 5) is 34.5. The summed E-state index contributed by atoms with van der Waals surface area (Å²) >= 11 is 0. The van der Waals surface area contributed by atoms with Gasteiger partial charge in [-0.3, -0.25) is 9.59 Å². The van der Waals surface area contributed by atoms with Crippen molar-refractivity contribution in [1.82, 2.24) is 9.97 Å². The summed E-state index contributed by atoms with van der Waals surface area (Å²) in [6.07, 6.45) is 3.52. The number of carbonyl (C=O) groups is 2. The molecule has 136 valence electrons. The van der Waals surface area contributed by atoms with Crippen molar-refractivity contribution in [3.05, 3.63) is 42.2 Å². The smallest absolute Gasteiger partial charge is 0.229 e. The SMILES string of the molecule is CC(=O)Nc1ccc(NC(=O)C2CCCN(c3nccc(C)n3)C2)cc1. The fourth-order valence-corrected chi connectivity index (χ4v) is 3.05. The molecule has 2 aromatic rings. The minimum Gasteiger partial charge on any atom is -0.340 e. The number of piperidine rings is 1. The first-order valence-electron chi connectivity index (χ1n) is 8.74. The van der Waals surface area contributed by atoms with Crippen LogP contribution < -0.4 is 15.5 Å². The van der Waals surface area contributed by atoms with Crippen molar-refractivity contribution in [1.29, 1.82) is 0 Å². The highest BCUT2D eigenvalue weighted by molar-refractivity contribution is 5.94. The quantitative estimate of drug-likeness (QED) is 0.882. The molecule has 1 aromatic heterocycles. The zero-order valence-electron chi connectivity index (χ0n) is 15.0. The van der Waals surface area contributed by atoms with E-state index in [1.165, 1.54) is 6.92 Å². The van der Waals surface area contributed by atoms with E-state index in [0.717, 1.165) is 25.1 Å². The molecule has 1 fully saturated rings. The van der Waals surface area contributed by atoms with Crippen molar-refractivity contribution < 1.29 is 9.59 Å². The summed E-state index contributed by atoms with van der Waals surface area (Å²) < 4.78 is 0. The van der Waals surface area contributed by atoms with Crippen LogP contribution in [0.4, 0.5) is 17.3 Å². The van der Waals surface area contributed by atoms with Gasteiger partial charge in [-0.15, -0.1) is 0 Å². The summed E-state index contributed by atoms with van der Waals surface area (Å²) in [5.74, 6) is 0.446. The molecule has 0 spiro atoms. The number of aromatic nitrogens is 2. The summed E-state index contributed by atoms with van der Waals surface area (Å²) in [5, 5.41) is 5.66. The van der Waals surface area contributed by atoms with Crippen LogP contribution >= 0.6 is 0 Å². The molecule has 3 rings (SSSR count). The molecule has 1 atom stereocenters. The van der Waals surface area contributed by atoms with Crippen LogP contribution in [-0.2, 0) is 9.59 Å². The third kappa shape index (κ3) is 4.56. The van der Waals surface area contributed by atoms with Gasteiger partial charge >= 0.3 is 0 Å². The normalized spacial score (nSPS) is 16.8. The maximum atomic E-state index is 12.6. The van der Waals surface area contributed by atoms with Crippen molar-refractivity contribution in [2.24, 2.45) is 5.92 Å². The van der Waals surface area contributed by atoms with Crippen LogP contribution in [0, 0.1) is 12.8 Å². The third-order valence-electron chi connectivity index (χ3n) is 4.33. The van der Waals surface area contributed by atoms with E-state index >= 15 is 0 Å². The predicted molar refractivity (Wildman–Crippen MR) is 101 cm³/mol. The molecule has 0 saturated carbocycles. The molecule has 7 heteroatoms. The summed E-state index contributed by atoms with van der Waals surface area (Å²) in [6.45, 7) is 4.87. The van der Waals surface area contributed by atoms with Crippen molar-refractivity contribution in [3.8, 4) is 0 Å². The Morgan fingerprint density at radius 3 is 2.46 bits per heavy atom. The van der Waals surface area contributed by atoms with Gasteiger partial charge in [0.15, 0.2) is 0 Å². The van der Waals surface area contributed by atoms with E-state index in [9.17, 15) is 9.59 Å². The summed E-state index contributed by atoms with van der Waals surface area (Å²) in [5.41, 5.74) is 2.34. The van der Waals surface area contributed by atoms with Gasteiger partial charge in [0.2, 0.25) is 17.8 Å². The molecule has 0 aliphatic carbocycles. The van der Waals surface area contributed by atoms with Crippen LogP contribution in [-0.4, -0.2) is 34.9 Å². The molecule has 2 N–H and O–H groups in total. The van der Waals surface area contributed by atoms with E-state index in [2.05, 4.69) is 25.5 Å². The number of rotatable bonds is 4. The number of benzene rings is 1. The maximum absolute atomic E-state index is 12.6. The molecule has 0 radical (unpaired) electrons. The lowest BCUT2D eigenvalue weighted by atomic mass is 9.97. The van der Waals surface area contributed by atoms with Crippen molar-refractivity contribution in [2.75, 3.05) is 28.6 Å². The minimum atomic E-state index is -0.123. The van der Waals surface area contributed by atoms with Crippen LogP contribution in [0.2, 0.25) is 0 Å². The number of aryl methyl sites for hydroxylation is 1. The molecule has 1 unspecified atom stereocenters. The topological polar surface area (TPSA) is 87.2 Å². The molecule has 0 bridgehead atoms. The molecule has 1 aliphatic heterocycles. The van der Waals surface area contributed by atoms with Crippen LogP contribution in [0.25, 0.3) is 0 Å². The Morgan fingerprint density at radius 2 is 1.81 bits per heavy atom. The van der Waals surface area contributed by atoms with E-state index in [-0.39, 0.29) is 17.7 Å². The number of carbonyl (C=O) groups excluding carboxylic acids is 2. The Hall–Kier alpha value is -2.96. The van der Waals surface area contributed by atoms with E-state index in [0.29, 0.717) is 23.9 Å². The van der Waals surface area contributed by atoms with Gasteiger partial charge in [-0.05, 0) is 50.1 Å². The molecule has 26 heavy (non-hydrogen) atoms. The lowest BCUT2D eigenvalue weighted by molar-refractivity contribution is -0.120. The van der Waals surface area contributed by atoms with Gasteiger partial charge in [0, 0.05) is 43.3 Å². The average Bonchev–Trinajstić information content (AvgIpc) is 2.63. The van der Waals surface area contributed by atoms with Gasteiger partial charge < -0.3 is 15.5 Å². The zero-order chi connectivity index (χ0) is 18.5. The number of anilines is 3. The minimum absolute atomic E-state index is 0.00497. The number of nitrogens with one attached hydrogen (secondary N) is 2. The fourth-order valence-electron chi connectivity index (χ4n) is 3.05. The first kappa shape index (κ1) is 17.8. The zero-order valence-corrected chi connectivity index (χ0v) is 15.0. The predicted octanol–water partition coefficient (Wildman–Crippen LogP) is 2.60. The van der Waals surface area contributed by atoms with Gasteiger partial charge in [-0.2, -0.15) is 0 Å². The Balaban J connectivity index is 1.61. The fraction of sp³-hybridized carbons (Fsp3) is 0.368. The van der Waals surface area contributed by atoms with Crippen molar-refractivity contribution in [2.45, 2.75) is 26.7 Å². The highest BCUT2D eigenvalue weighted by atomic mass is 16.2. The van der Waals surface area contributed by atoms with Gasteiger partial charge in [-0.25, -0.2) is 9.97 Å². The number of hydrogen-bond donors (Lipinski definition) is 2. The monoisotopic (exact) mass is 353 g/mol. The van der Waals surface area contributed by atoms with Crippen LogP contribution in [0.5, 0.6) is 0 Å². The van der Waals surface area contributed by atoms with Crippen LogP contribution in [0.1, 0.15) is 25.5 Å². The third-order valence-corrected chi connectivity index (χ3v) is 4.33. The Kier molecular flexibility index (Phi) is 5.46. The Morgan fingerprint density at radius 1 is 1.12 bits per heavy atom. The second-order valence-electron chi connectivity index (χ2n) is 6.53. The largest absolute Gasteiger partial charge is 0.340 e. The van der Waals surface area contributed by atoms with Gasteiger partial charge in [-0.1, -0.05) is 0 Å². The van der Waals surface area contributed by atoms with E-state index < -0.39 is 0 Å². The summed E-state index contributed by atoms with van der Waals surface area (Å²) in [6, 6.07) is 8.97. The lowest BCUT2D eigenvalue weighted by Gasteiger charge is -2.32. The Labute approximate surface area is 152 Å². The van der Waals surface area contributed by atoms with Gasteiger partial charge in [0.25, 0.3) is 0 Å². The van der Waals surface area contributed by atoms with Gasteiger partial charge in [0.1, 0.15) is 0 Å².